The average molecular weight is 382 g/mol. The number of hydrogen-bond donors (Lipinski definition) is 0. The fourth-order valence-electron chi connectivity index (χ4n) is 3.43. The summed E-state index contributed by atoms with van der Waals surface area (Å²) in [5, 5.41) is 10.6. The van der Waals surface area contributed by atoms with E-state index in [2.05, 4.69) is 52.5 Å². The van der Waals surface area contributed by atoms with Gasteiger partial charge in [-0.05, 0) is 49.9 Å². The van der Waals surface area contributed by atoms with Gasteiger partial charge in [0, 0.05) is 7.05 Å². The third-order valence-electron chi connectivity index (χ3n) is 4.91. The number of thiophene rings is 1. The minimum absolute atomic E-state index is 0.0132. The number of benzene rings is 1. The van der Waals surface area contributed by atoms with Crippen molar-refractivity contribution in [1.29, 1.82) is 0 Å². The van der Waals surface area contributed by atoms with Gasteiger partial charge in [-0.3, -0.25) is 18.7 Å². The molecule has 0 N–H and O–H groups in total. The summed E-state index contributed by atoms with van der Waals surface area (Å²) in [5.74, 6) is 1.47. The van der Waals surface area contributed by atoms with E-state index in [1.165, 1.54) is 16.9 Å². The molecule has 0 aliphatic carbocycles. The first-order chi connectivity index (χ1) is 13.1. The number of nitrogens with zero attached hydrogens (tertiary/aromatic N) is 5. The van der Waals surface area contributed by atoms with Crippen molar-refractivity contribution in [2.75, 3.05) is 13.6 Å². The molecule has 0 bridgehead atoms. The lowest BCUT2D eigenvalue weighted by molar-refractivity contribution is 0.310. The molecule has 0 amide bonds. The smallest absolute Gasteiger partial charge is 0.272 e. The Morgan fingerprint density at radius 3 is 2.74 bits per heavy atom. The molecule has 27 heavy (non-hydrogen) atoms. The first-order valence-electron chi connectivity index (χ1n) is 9.18. The van der Waals surface area contributed by atoms with Crippen LogP contribution < -0.4 is 5.56 Å². The van der Waals surface area contributed by atoms with E-state index < -0.39 is 0 Å². The van der Waals surface area contributed by atoms with Gasteiger partial charge in [0.05, 0.1) is 12.1 Å². The fraction of sp³-hybridized carbons (Fsp3) is 0.350. The van der Waals surface area contributed by atoms with E-state index in [4.69, 9.17) is 0 Å². The van der Waals surface area contributed by atoms with Crippen LogP contribution in [0.25, 0.3) is 16.0 Å². The summed E-state index contributed by atoms with van der Waals surface area (Å²) in [4.78, 5) is 14.7. The zero-order chi connectivity index (χ0) is 18.8. The maximum Gasteiger partial charge on any atom is 0.272 e. The Hall–Kier alpha value is -2.51. The Kier molecular flexibility index (Phi) is 5.05. The Balaban J connectivity index is 1.45. The molecule has 4 rings (SSSR count). The van der Waals surface area contributed by atoms with Gasteiger partial charge in [-0.1, -0.05) is 30.3 Å². The van der Waals surface area contributed by atoms with Crippen molar-refractivity contribution in [2.45, 2.75) is 25.8 Å². The Morgan fingerprint density at radius 1 is 1.11 bits per heavy atom. The van der Waals surface area contributed by atoms with Gasteiger partial charge in [-0.2, -0.15) is 0 Å². The predicted octanol–water partition coefficient (Wildman–Crippen LogP) is 3.10. The maximum absolute atomic E-state index is 12.4. The highest BCUT2D eigenvalue weighted by Crippen LogP contribution is 2.19. The summed E-state index contributed by atoms with van der Waals surface area (Å²) in [7, 11) is 3.86. The summed E-state index contributed by atoms with van der Waals surface area (Å²) in [6.07, 6.45) is 3.41. The van der Waals surface area contributed by atoms with Crippen LogP contribution in [-0.4, -0.2) is 37.7 Å². The third-order valence-corrected chi connectivity index (χ3v) is 5.80. The highest BCUT2D eigenvalue weighted by molar-refractivity contribution is 7.17. The Bertz CT molecular complexity index is 1110. The molecule has 3 aromatic heterocycles. The zero-order valence-corrected chi connectivity index (χ0v) is 16.4. The van der Waals surface area contributed by atoms with Crippen LogP contribution in [0, 0.1) is 0 Å². The van der Waals surface area contributed by atoms with Crippen LogP contribution in [0.1, 0.15) is 24.2 Å². The van der Waals surface area contributed by atoms with E-state index in [-0.39, 0.29) is 5.56 Å². The van der Waals surface area contributed by atoms with Crippen molar-refractivity contribution < 1.29 is 0 Å². The second-order valence-corrected chi connectivity index (χ2v) is 7.85. The van der Waals surface area contributed by atoms with Gasteiger partial charge in [0.1, 0.15) is 4.70 Å². The molecular formula is C20H23N5OS. The zero-order valence-electron chi connectivity index (χ0n) is 15.6. The summed E-state index contributed by atoms with van der Waals surface area (Å²) in [6.45, 7) is 1.70. The molecule has 0 saturated heterocycles. The molecule has 0 spiro atoms. The molecular weight excluding hydrogens is 358 g/mol. The standard InChI is InChI=1S/C20H23N5OS/c1-23(12-7-6-10-15-8-4-3-5-9-15)14-17-21-22-20-24(2)19(26)18-16(25(17)20)11-13-27-18/h3-5,8-9,11,13H,6-7,10,12,14H2,1-2H3. The number of unbranched alkanes of at least 4 members (excludes halogenated alkanes) is 1. The van der Waals surface area contributed by atoms with Crippen LogP contribution in [-0.2, 0) is 20.0 Å². The van der Waals surface area contributed by atoms with Crippen LogP contribution in [0.15, 0.2) is 46.6 Å². The molecule has 0 saturated carbocycles. The summed E-state index contributed by atoms with van der Waals surface area (Å²) >= 11 is 1.47. The number of rotatable bonds is 7. The lowest BCUT2D eigenvalue weighted by atomic mass is 10.1. The predicted molar refractivity (Wildman–Crippen MR) is 109 cm³/mol. The quantitative estimate of drug-likeness (QED) is 0.462. The largest absolute Gasteiger partial charge is 0.299 e. The SMILES string of the molecule is CN(CCCCc1ccccc1)Cc1nnc2n(C)c(=O)c3sccc3n12. The van der Waals surface area contributed by atoms with Crippen LogP contribution in [0.3, 0.4) is 0 Å². The minimum Gasteiger partial charge on any atom is -0.299 e. The molecule has 0 atom stereocenters. The van der Waals surface area contributed by atoms with Gasteiger partial charge in [-0.25, -0.2) is 0 Å². The molecule has 1 aromatic carbocycles. The second-order valence-electron chi connectivity index (χ2n) is 6.93. The highest BCUT2D eigenvalue weighted by Gasteiger charge is 2.16. The van der Waals surface area contributed by atoms with Gasteiger partial charge in [0.15, 0.2) is 5.82 Å². The van der Waals surface area contributed by atoms with Crippen molar-refractivity contribution >= 4 is 27.3 Å². The lowest BCUT2D eigenvalue weighted by Crippen LogP contribution is -2.22. The average Bonchev–Trinajstić information content (AvgIpc) is 3.31. The van der Waals surface area contributed by atoms with Crippen molar-refractivity contribution in [3.63, 3.8) is 0 Å². The molecule has 0 radical (unpaired) electrons. The van der Waals surface area contributed by atoms with Crippen LogP contribution >= 0.6 is 11.3 Å². The first-order valence-corrected chi connectivity index (χ1v) is 10.1. The van der Waals surface area contributed by atoms with E-state index in [0.717, 1.165) is 41.8 Å². The third kappa shape index (κ3) is 3.52. The monoisotopic (exact) mass is 381 g/mol. The molecule has 140 valence electrons. The molecule has 3 heterocycles. The van der Waals surface area contributed by atoms with Gasteiger partial charge in [-0.15, -0.1) is 21.5 Å². The molecule has 0 aliphatic rings. The van der Waals surface area contributed by atoms with E-state index >= 15 is 0 Å². The molecule has 0 fully saturated rings. The van der Waals surface area contributed by atoms with E-state index in [9.17, 15) is 4.79 Å². The normalized spacial score (nSPS) is 11.8. The van der Waals surface area contributed by atoms with Crippen LogP contribution in [0.2, 0.25) is 0 Å². The molecule has 7 heteroatoms. The number of hydrogen-bond acceptors (Lipinski definition) is 5. The lowest BCUT2D eigenvalue weighted by Gasteiger charge is -2.15. The van der Waals surface area contributed by atoms with E-state index in [0.29, 0.717) is 12.3 Å². The fourth-order valence-corrected chi connectivity index (χ4v) is 4.28. The van der Waals surface area contributed by atoms with Gasteiger partial charge >= 0.3 is 0 Å². The Morgan fingerprint density at radius 2 is 1.93 bits per heavy atom. The Labute approximate surface area is 161 Å². The summed E-state index contributed by atoms with van der Waals surface area (Å²) < 4.78 is 4.33. The first kappa shape index (κ1) is 17.9. The second kappa shape index (κ2) is 7.62. The summed E-state index contributed by atoms with van der Waals surface area (Å²) in [5.41, 5.74) is 2.28. The minimum atomic E-state index is -0.0132. The van der Waals surface area contributed by atoms with Gasteiger partial charge in [0.2, 0.25) is 5.78 Å². The number of fused-ring (bicyclic) bond motifs is 3. The molecule has 0 unspecified atom stereocenters. The number of aryl methyl sites for hydroxylation is 2. The van der Waals surface area contributed by atoms with Crippen LogP contribution in [0.5, 0.6) is 0 Å². The van der Waals surface area contributed by atoms with Gasteiger partial charge in [0.25, 0.3) is 5.56 Å². The van der Waals surface area contributed by atoms with Crippen molar-refractivity contribution in [3.8, 4) is 0 Å². The van der Waals surface area contributed by atoms with E-state index in [1.807, 2.05) is 15.8 Å². The van der Waals surface area contributed by atoms with Crippen LogP contribution in [0.4, 0.5) is 0 Å². The molecule has 4 aromatic rings. The van der Waals surface area contributed by atoms with Gasteiger partial charge < -0.3 is 0 Å². The topological polar surface area (TPSA) is 55.4 Å². The maximum atomic E-state index is 12.4. The molecule has 0 aliphatic heterocycles. The van der Waals surface area contributed by atoms with Crippen molar-refractivity contribution in [2.24, 2.45) is 7.05 Å². The number of aromatic nitrogens is 4. The van der Waals surface area contributed by atoms with Crippen molar-refractivity contribution in [1.82, 2.24) is 24.1 Å². The summed E-state index contributed by atoms with van der Waals surface area (Å²) in [6, 6.07) is 12.6. The van der Waals surface area contributed by atoms with Crippen molar-refractivity contribution in [3.05, 3.63) is 63.5 Å². The van der Waals surface area contributed by atoms with E-state index in [1.54, 1.807) is 11.6 Å². The highest BCUT2D eigenvalue weighted by atomic mass is 32.1. The molecule has 6 nitrogen and oxygen atoms in total.